The molecule has 2 amide bonds. The number of rotatable bonds is 4. The molecule has 0 aromatic heterocycles. The summed E-state index contributed by atoms with van der Waals surface area (Å²) in [5.41, 5.74) is 8.26. The first-order valence-corrected chi connectivity index (χ1v) is 6.00. The van der Waals surface area contributed by atoms with Crippen LogP contribution in [0.25, 0.3) is 0 Å². The minimum Gasteiger partial charge on any atom is -0.351 e. The third-order valence-electron chi connectivity index (χ3n) is 2.77. The summed E-state index contributed by atoms with van der Waals surface area (Å²) >= 11 is 0. The maximum absolute atomic E-state index is 10.7. The molecule has 5 heteroatoms. The first kappa shape index (κ1) is 13.5. The highest BCUT2D eigenvalue weighted by atomic mass is 16.2. The number of carbonyl (C=O) groups is 1. The molecule has 5 nitrogen and oxygen atoms in total. The zero-order valence-electron chi connectivity index (χ0n) is 10.7. The van der Waals surface area contributed by atoms with Crippen LogP contribution in [0.1, 0.15) is 11.1 Å². The molecule has 0 unspecified atom stereocenters. The van der Waals surface area contributed by atoms with Gasteiger partial charge in [-0.05, 0) is 35.7 Å². The lowest BCUT2D eigenvalue weighted by molar-refractivity contribution is 0.259. The van der Waals surface area contributed by atoms with Crippen molar-refractivity contribution in [2.75, 3.05) is 5.32 Å². The number of primary amides is 1. The van der Waals surface area contributed by atoms with E-state index in [9.17, 15) is 9.59 Å². The van der Waals surface area contributed by atoms with Crippen molar-refractivity contribution in [2.45, 2.75) is 6.42 Å². The molecule has 0 saturated heterocycles. The summed E-state index contributed by atoms with van der Waals surface area (Å²) in [5.74, 6) is 0. The van der Waals surface area contributed by atoms with Crippen molar-refractivity contribution in [3.63, 3.8) is 0 Å². The van der Waals surface area contributed by atoms with Crippen molar-refractivity contribution in [1.82, 2.24) is 0 Å². The molecule has 0 atom stereocenters. The van der Waals surface area contributed by atoms with Gasteiger partial charge in [0, 0.05) is 5.69 Å². The SMILES string of the molecule is NC(=O)Nc1ccc(Cc2ccccc2N=C=O)cc1. The number of urea groups is 1. The summed E-state index contributed by atoms with van der Waals surface area (Å²) in [6, 6.07) is 14.1. The fourth-order valence-corrected chi connectivity index (χ4v) is 1.89. The largest absolute Gasteiger partial charge is 0.351 e. The number of anilines is 1. The molecule has 0 aliphatic heterocycles. The molecule has 0 heterocycles. The highest BCUT2D eigenvalue weighted by Crippen LogP contribution is 2.22. The van der Waals surface area contributed by atoms with Crippen LogP contribution >= 0.6 is 0 Å². The Kier molecular flexibility index (Phi) is 4.27. The smallest absolute Gasteiger partial charge is 0.316 e. The molecule has 0 bridgehead atoms. The molecular weight excluding hydrogens is 254 g/mol. The van der Waals surface area contributed by atoms with Gasteiger partial charge in [-0.15, -0.1) is 0 Å². The van der Waals surface area contributed by atoms with Crippen molar-refractivity contribution in [1.29, 1.82) is 0 Å². The summed E-state index contributed by atoms with van der Waals surface area (Å²) in [4.78, 5) is 24.8. The Bertz CT molecular complexity index is 659. The fraction of sp³-hybridized carbons (Fsp3) is 0.0667. The predicted octanol–water partition coefficient (Wildman–Crippen LogP) is 2.74. The van der Waals surface area contributed by atoms with E-state index in [-0.39, 0.29) is 0 Å². The third-order valence-corrected chi connectivity index (χ3v) is 2.77. The Morgan fingerprint density at radius 1 is 1.15 bits per heavy atom. The van der Waals surface area contributed by atoms with Crippen LogP contribution in [0.5, 0.6) is 0 Å². The van der Waals surface area contributed by atoms with Gasteiger partial charge in [-0.3, -0.25) is 0 Å². The summed E-state index contributed by atoms with van der Waals surface area (Å²) < 4.78 is 0. The van der Waals surface area contributed by atoms with Gasteiger partial charge in [-0.25, -0.2) is 9.59 Å². The van der Waals surface area contributed by atoms with Gasteiger partial charge in [0.15, 0.2) is 0 Å². The Morgan fingerprint density at radius 2 is 1.85 bits per heavy atom. The number of nitrogens with zero attached hydrogens (tertiary/aromatic N) is 1. The zero-order valence-corrected chi connectivity index (χ0v) is 10.7. The maximum Gasteiger partial charge on any atom is 0.316 e. The number of amides is 2. The Balaban J connectivity index is 2.18. The van der Waals surface area contributed by atoms with E-state index < -0.39 is 6.03 Å². The summed E-state index contributed by atoms with van der Waals surface area (Å²) in [5, 5.41) is 2.50. The number of nitrogens with one attached hydrogen (secondary N) is 1. The minimum absolute atomic E-state index is 0.594. The number of nitrogens with two attached hydrogens (primary N) is 1. The highest BCUT2D eigenvalue weighted by molar-refractivity contribution is 5.87. The van der Waals surface area contributed by atoms with E-state index in [1.807, 2.05) is 30.3 Å². The van der Waals surface area contributed by atoms with E-state index in [4.69, 9.17) is 5.73 Å². The average molecular weight is 267 g/mol. The van der Waals surface area contributed by atoms with Gasteiger partial charge in [-0.1, -0.05) is 30.3 Å². The lowest BCUT2D eigenvalue weighted by Gasteiger charge is -2.06. The molecular formula is C15H13N3O2. The third kappa shape index (κ3) is 3.54. The van der Waals surface area contributed by atoms with Gasteiger partial charge in [0.2, 0.25) is 6.08 Å². The predicted molar refractivity (Wildman–Crippen MR) is 76.7 cm³/mol. The molecule has 2 rings (SSSR count). The first-order chi connectivity index (χ1) is 9.69. The number of benzene rings is 2. The second-order valence-corrected chi connectivity index (χ2v) is 4.19. The van der Waals surface area contributed by atoms with Crippen molar-refractivity contribution < 1.29 is 9.59 Å². The second kappa shape index (κ2) is 6.31. The summed E-state index contributed by atoms with van der Waals surface area (Å²) in [7, 11) is 0. The van der Waals surface area contributed by atoms with Gasteiger partial charge in [0.25, 0.3) is 0 Å². The first-order valence-electron chi connectivity index (χ1n) is 6.00. The molecule has 2 aromatic rings. The standard InChI is InChI=1S/C15H13N3O2/c16-15(20)18-13-7-5-11(6-8-13)9-12-3-1-2-4-14(12)17-10-19/h1-8H,9H2,(H3,16,18,20). The molecule has 2 aromatic carbocycles. The van der Waals surface area contributed by atoms with Gasteiger partial charge in [0.05, 0.1) is 5.69 Å². The van der Waals surface area contributed by atoms with Crippen molar-refractivity contribution in [2.24, 2.45) is 10.7 Å². The number of hydrogen-bond donors (Lipinski definition) is 2. The van der Waals surface area contributed by atoms with Crippen LogP contribution in [0, 0.1) is 0 Å². The van der Waals surface area contributed by atoms with E-state index in [1.54, 1.807) is 24.3 Å². The fourth-order valence-electron chi connectivity index (χ4n) is 1.89. The van der Waals surface area contributed by atoms with Gasteiger partial charge in [0.1, 0.15) is 0 Å². The topological polar surface area (TPSA) is 84.6 Å². The Hall–Kier alpha value is -2.91. The van der Waals surface area contributed by atoms with Crippen molar-refractivity contribution in [3.8, 4) is 0 Å². The van der Waals surface area contributed by atoms with E-state index in [1.165, 1.54) is 0 Å². The lowest BCUT2D eigenvalue weighted by Crippen LogP contribution is -2.19. The van der Waals surface area contributed by atoms with E-state index >= 15 is 0 Å². The molecule has 0 fully saturated rings. The minimum atomic E-state index is -0.594. The average Bonchev–Trinajstić information content (AvgIpc) is 2.43. The molecule has 20 heavy (non-hydrogen) atoms. The lowest BCUT2D eigenvalue weighted by atomic mass is 10.0. The van der Waals surface area contributed by atoms with Gasteiger partial charge < -0.3 is 11.1 Å². The number of para-hydroxylation sites is 1. The van der Waals surface area contributed by atoms with Crippen LogP contribution in [0.15, 0.2) is 53.5 Å². The quantitative estimate of drug-likeness (QED) is 0.659. The van der Waals surface area contributed by atoms with Crippen molar-refractivity contribution >= 4 is 23.5 Å². The molecule has 0 radical (unpaired) electrons. The van der Waals surface area contributed by atoms with Crippen LogP contribution < -0.4 is 11.1 Å². The van der Waals surface area contributed by atoms with Gasteiger partial charge in [-0.2, -0.15) is 4.99 Å². The summed E-state index contributed by atoms with van der Waals surface area (Å²) in [6.07, 6.45) is 2.19. The number of carbonyl (C=O) groups excluding carboxylic acids is 2. The van der Waals surface area contributed by atoms with Crippen LogP contribution in [0.4, 0.5) is 16.2 Å². The second-order valence-electron chi connectivity index (χ2n) is 4.19. The van der Waals surface area contributed by atoms with Crippen LogP contribution in [0.3, 0.4) is 0 Å². The number of isocyanates is 1. The Labute approximate surface area is 116 Å². The normalized spacial score (nSPS) is 9.60. The van der Waals surface area contributed by atoms with Crippen LogP contribution in [-0.2, 0) is 11.2 Å². The molecule has 0 spiro atoms. The number of aliphatic imine (C=N–C) groups is 1. The van der Waals surface area contributed by atoms with E-state index in [0.29, 0.717) is 17.8 Å². The summed E-state index contributed by atoms with van der Waals surface area (Å²) in [6.45, 7) is 0. The number of hydrogen-bond acceptors (Lipinski definition) is 3. The molecule has 3 N–H and O–H groups in total. The van der Waals surface area contributed by atoms with E-state index in [2.05, 4.69) is 10.3 Å². The molecule has 0 saturated carbocycles. The highest BCUT2D eigenvalue weighted by Gasteiger charge is 2.03. The molecule has 0 aliphatic carbocycles. The molecule has 0 aliphatic rings. The van der Waals surface area contributed by atoms with E-state index in [0.717, 1.165) is 11.1 Å². The maximum atomic E-state index is 10.7. The van der Waals surface area contributed by atoms with Crippen LogP contribution in [-0.4, -0.2) is 12.1 Å². The Morgan fingerprint density at radius 3 is 2.50 bits per heavy atom. The molecule has 100 valence electrons. The van der Waals surface area contributed by atoms with Gasteiger partial charge >= 0.3 is 6.03 Å². The zero-order chi connectivity index (χ0) is 14.4. The monoisotopic (exact) mass is 267 g/mol. The van der Waals surface area contributed by atoms with Crippen molar-refractivity contribution in [3.05, 3.63) is 59.7 Å². The van der Waals surface area contributed by atoms with Crippen LogP contribution in [0.2, 0.25) is 0 Å².